The van der Waals surface area contributed by atoms with Crippen LogP contribution in [0.1, 0.15) is 41.5 Å². The second-order valence-electron chi connectivity index (χ2n) is 9.62. The maximum atomic E-state index is 13.9. The number of rotatable bonds is 6. The van der Waals surface area contributed by atoms with Gasteiger partial charge in [0.2, 0.25) is 0 Å². The van der Waals surface area contributed by atoms with Gasteiger partial charge in [0.15, 0.2) is 0 Å². The van der Waals surface area contributed by atoms with Gasteiger partial charge in [0.25, 0.3) is 0 Å². The Morgan fingerprint density at radius 1 is 1.18 bits per heavy atom. The topological polar surface area (TPSA) is 99.6 Å². The predicted molar refractivity (Wildman–Crippen MR) is 128 cm³/mol. The van der Waals surface area contributed by atoms with Crippen LogP contribution in [0, 0.1) is 0 Å². The lowest BCUT2D eigenvalue weighted by molar-refractivity contribution is 0.256. The van der Waals surface area contributed by atoms with Gasteiger partial charge < -0.3 is 5.32 Å². The van der Waals surface area contributed by atoms with Crippen LogP contribution in [-0.2, 0) is 42.9 Å². The average Bonchev–Trinajstić information content (AvgIpc) is 3.53. The Hall–Kier alpha value is -2.66. The van der Waals surface area contributed by atoms with E-state index in [1.54, 1.807) is 25.2 Å². The number of benzene rings is 1. The molecule has 0 radical (unpaired) electrons. The van der Waals surface area contributed by atoms with E-state index in [0.717, 1.165) is 59.6 Å². The van der Waals surface area contributed by atoms with Crippen LogP contribution < -0.4 is 14.3 Å². The van der Waals surface area contributed by atoms with Crippen LogP contribution >= 0.6 is 0 Å². The number of likely N-dealkylation sites (tertiary alicyclic amines) is 1. The Morgan fingerprint density at radius 2 is 1.85 bits per heavy atom. The second kappa shape index (κ2) is 8.84. The molecule has 1 aliphatic heterocycles. The Labute approximate surface area is 199 Å². The fourth-order valence-corrected chi connectivity index (χ4v) is 6.71. The van der Waals surface area contributed by atoms with Crippen LogP contribution in [0.3, 0.4) is 0 Å². The van der Waals surface area contributed by atoms with Gasteiger partial charge in [-0.05, 0) is 74.2 Å². The number of fused-ring (bicyclic) bond motifs is 2. The number of alkyl halides is 1. The van der Waals surface area contributed by atoms with Gasteiger partial charge in [0.05, 0.1) is 18.4 Å². The van der Waals surface area contributed by atoms with E-state index in [1.165, 1.54) is 22.0 Å². The fourth-order valence-electron chi connectivity index (χ4n) is 5.57. The van der Waals surface area contributed by atoms with E-state index in [4.69, 9.17) is 0 Å². The van der Waals surface area contributed by atoms with Gasteiger partial charge in [-0.2, -0.15) is 13.5 Å². The van der Waals surface area contributed by atoms with Gasteiger partial charge in [-0.15, -0.1) is 0 Å². The first-order chi connectivity index (χ1) is 16.2. The van der Waals surface area contributed by atoms with Crippen LogP contribution in [0.15, 0.2) is 18.5 Å². The molecule has 9 nitrogen and oxygen atoms in total. The molecule has 0 bridgehead atoms. The summed E-state index contributed by atoms with van der Waals surface area (Å²) in [6.07, 6.45) is 8.01. The lowest BCUT2D eigenvalue weighted by Crippen LogP contribution is -2.49. The van der Waals surface area contributed by atoms with E-state index in [2.05, 4.69) is 21.2 Å². The Bertz CT molecular complexity index is 1180. The van der Waals surface area contributed by atoms with E-state index in [-0.39, 0.29) is 25.6 Å². The summed E-state index contributed by atoms with van der Waals surface area (Å²) in [4.78, 5) is 14.8. The first-order valence-electron chi connectivity index (χ1n) is 11.8. The zero-order valence-corrected chi connectivity index (χ0v) is 20.4. The third kappa shape index (κ3) is 4.38. The van der Waals surface area contributed by atoms with Gasteiger partial charge >= 0.3 is 16.2 Å². The molecule has 11 heteroatoms. The molecular formula is C23H31FN6O3S. The van der Waals surface area contributed by atoms with Crippen LogP contribution in [0.4, 0.5) is 20.6 Å². The minimum absolute atomic E-state index is 0.0152. The number of hydrogen-bond donors (Lipinski definition) is 2. The number of hydrogen-bond acceptors (Lipinski definition) is 5. The molecule has 1 aromatic heterocycles. The van der Waals surface area contributed by atoms with Crippen molar-refractivity contribution in [1.82, 2.24) is 19.4 Å². The number of nitrogens with zero attached hydrogens (tertiary/aromatic N) is 4. The normalized spacial score (nSPS) is 22.0. The predicted octanol–water partition coefficient (Wildman–Crippen LogP) is 2.31. The first kappa shape index (κ1) is 23.1. The Balaban J connectivity index is 1.38. The average molecular weight is 491 g/mol. The molecule has 1 saturated heterocycles. The van der Waals surface area contributed by atoms with Crippen molar-refractivity contribution in [2.75, 3.05) is 29.8 Å². The largest absolute Gasteiger partial charge is 0.334 e. The van der Waals surface area contributed by atoms with Gasteiger partial charge in [-0.1, -0.05) is 6.07 Å². The monoisotopic (exact) mass is 490 g/mol. The van der Waals surface area contributed by atoms with Crippen LogP contribution in [-0.4, -0.2) is 61.5 Å². The zero-order chi connectivity index (χ0) is 24.0. The van der Waals surface area contributed by atoms with Gasteiger partial charge in [0, 0.05) is 31.5 Å². The van der Waals surface area contributed by atoms with Gasteiger partial charge in [0.1, 0.15) is 6.17 Å². The van der Waals surface area contributed by atoms with Crippen molar-refractivity contribution in [3.63, 3.8) is 0 Å². The molecule has 3 aliphatic rings. The van der Waals surface area contributed by atoms with Crippen LogP contribution in [0.5, 0.6) is 0 Å². The van der Waals surface area contributed by atoms with E-state index in [0.29, 0.717) is 5.69 Å². The molecule has 0 saturated carbocycles. The summed E-state index contributed by atoms with van der Waals surface area (Å²) in [5.41, 5.74) is 5.85. The SMILES string of the molecule is CN1C[C@@H](F)C[C@H]1CN(c1cnn(C)c1)S(=O)(=O)NC(=O)Nc1c2c(cc3c1CCC3)CCC2. The molecule has 1 fully saturated rings. The minimum atomic E-state index is -4.27. The highest BCUT2D eigenvalue weighted by molar-refractivity contribution is 7.91. The fraction of sp³-hybridized carbons (Fsp3) is 0.565. The Morgan fingerprint density at radius 3 is 2.41 bits per heavy atom. The lowest BCUT2D eigenvalue weighted by Gasteiger charge is -2.28. The summed E-state index contributed by atoms with van der Waals surface area (Å²) in [5.74, 6) is 0. The van der Waals surface area contributed by atoms with Gasteiger partial charge in [-0.25, -0.2) is 18.2 Å². The summed E-state index contributed by atoms with van der Waals surface area (Å²) >= 11 is 0. The van der Waals surface area contributed by atoms with Crippen molar-refractivity contribution in [3.05, 3.63) is 40.7 Å². The number of amides is 2. The standard InChI is InChI=1S/C23H31FN6O3S/c1-28-12-17(24)10-18(28)14-30(19-11-25-29(2)13-19)34(32,33)27-23(31)26-22-20-7-3-5-15(20)9-16-6-4-8-21(16)22/h9,11,13,17-18H,3-8,10,12,14H2,1-2H3,(H2,26,27,31)/t17-,18-/m0/s1. The van der Waals surface area contributed by atoms with Crippen molar-refractivity contribution in [3.8, 4) is 0 Å². The van der Waals surface area contributed by atoms with Crippen molar-refractivity contribution >= 4 is 27.6 Å². The highest BCUT2D eigenvalue weighted by atomic mass is 32.2. The molecule has 2 heterocycles. The third-order valence-corrected chi connectivity index (χ3v) is 8.60. The number of carbonyl (C=O) groups excluding carboxylic acids is 1. The molecule has 34 heavy (non-hydrogen) atoms. The van der Waals surface area contributed by atoms with E-state index < -0.39 is 22.4 Å². The molecule has 1 aromatic carbocycles. The van der Waals surface area contributed by atoms with Gasteiger partial charge in [-0.3, -0.25) is 9.58 Å². The zero-order valence-electron chi connectivity index (χ0n) is 19.6. The number of urea groups is 1. The summed E-state index contributed by atoms with van der Waals surface area (Å²) in [5, 5.41) is 6.95. The van der Waals surface area contributed by atoms with E-state index in [1.807, 2.05) is 0 Å². The number of carbonyl (C=O) groups is 1. The molecule has 2 atom stereocenters. The molecule has 2 amide bonds. The maximum absolute atomic E-state index is 13.9. The highest BCUT2D eigenvalue weighted by Gasteiger charge is 2.35. The molecular weight excluding hydrogens is 459 g/mol. The lowest BCUT2D eigenvalue weighted by atomic mass is 9.99. The third-order valence-electron chi connectivity index (χ3n) is 7.22. The molecule has 2 N–H and O–H groups in total. The number of likely N-dealkylation sites (N-methyl/N-ethyl adjacent to an activating group) is 1. The Kier molecular flexibility index (Phi) is 6.01. The molecule has 2 aliphatic carbocycles. The van der Waals surface area contributed by atoms with Crippen LogP contribution in [0.25, 0.3) is 0 Å². The number of anilines is 2. The van der Waals surface area contributed by atoms with Crippen LogP contribution in [0.2, 0.25) is 0 Å². The van der Waals surface area contributed by atoms with E-state index in [9.17, 15) is 17.6 Å². The molecule has 2 aromatic rings. The minimum Gasteiger partial charge on any atom is -0.307 e. The summed E-state index contributed by atoms with van der Waals surface area (Å²) < 4.78 is 45.5. The molecule has 0 spiro atoms. The smallest absolute Gasteiger partial charge is 0.307 e. The molecule has 184 valence electrons. The molecule has 5 rings (SSSR count). The molecule has 0 unspecified atom stereocenters. The quantitative estimate of drug-likeness (QED) is 0.648. The van der Waals surface area contributed by atoms with Crippen molar-refractivity contribution in [2.45, 2.75) is 57.2 Å². The second-order valence-corrected chi connectivity index (χ2v) is 11.2. The number of aromatic nitrogens is 2. The highest BCUT2D eigenvalue weighted by Crippen LogP contribution is 2.38. The summed E-state index contributed by atoms with van der Waals surface area (Å²) in [7, 11) is -0.812. The summed E-state index contributed by atoms with van der Waals surface area (Å²) in [6, 6.07) is 1.16. The van der Waals surface area contributed by atoms with Crippen molar-refractivity contribution in [2.24, 2.45) is 7.05 Å². The first-order valence-corrected chi connectivity index (χ1v) is 13.3. The maximum Gasteiger partial charge on any atom is 0.334 e. The number of halogens is 1. The summed E-state index contributed by atoms with van der Waals surface area (Å²) in [6.45, 7) is 0.269. The van der Waals surface area contributed by atoms with Crippen molar-refractivity contribution in [1.29, 1.82) is 0 Å². The van der Waals surface area contributed by atoms with E-state index >= 15 is 0 Å². The number of nitrogens with one attached hydrogen (secondary N) is 2. The number of aryl methyl sites for hydroxylation is 3. The van der Waals surface area contributed by atoms with Crippen molar-refractivity contribution < 1.29 is 17.6 Å².